The first-order chi connectivity index (χ1) is 17.2. The van der Waals surface area contributed by atoms with Gasteiger partial charge in [0.05, 0.1) is 15.1 Å². The molecule has 36 heavy (non-hydrogen) atoms. The minimum atomic E-state index is -3.58. The van der Waals surface area contributed by atoms with Crippen LogP contribution in [0.5, 0.6) is 11.5 Å². The Bertz CT molecular complexity index is 1320. The molecule has 5 rings (SSSR count). The first kappa shape index (κ1) is 24.9. The third-order valence-corrected chi connectivity index (χ3v) is 9.55. The molecule has 0 spiro atoms. The molecule has 3 aromatic rings. The van der Waals surface area contributed by atoms with Crippen molar-refractivity contribution in [2.45, 2.75) is 24.7 Å². The Morgan fingerprint density at radius 1 is 1.08 bits per heavy atom. The first-order valence-electron chi connectivity index (χ1n) is 12.0. The summed E-state index contributed by atoms with van der Waals surface area (Å²) in [6.45, 7) is 4.47. The van der Waals surface area contributed by atoms with Crippen LogP contribution in [0.15, 0.2) is 41.3 Å². The minimum absolute atomic E-state index is 0.190. The van der Waals surface area contributed by atoms with Crippen molar-refractivity contribution in [2.24, 2.45) is 5.92 Å². The molecule has 2 aromatic carbocycles. The lowest BCUT2D eigenvalue weighted by molar-refractivity contribution is 0.0985. The van der Waals surface area contributed by atoms with E-state index in [0.29, 0.717) is 54.3 Å². The molecule has 1 saturated heterocycles. The quantitative estimate of drug-likeness (QED) is 0.460. The Morgan fingerprint density at radius 3 is 2.42 bits per heavy atom. The lowest BCUT2D eigenvalue weighted by Crippen LogP contribution is -2.38. The maximum atomic E-state index is 13.6. The van der Waals surface area contributed by atoms with Crippen LogP contribution in [0.1, 0.15) is 30.1 Å². The molecular weight excluding hydrogens is 500 g/mol. The summed E-state index contributed by atoms with van der Waals surface area (Å²) in [7, 11) is 0.315. The number of anilines is 1. The van der Waals surface area contributed by atoms with Crippen LogP contribution in [-0.4, -0.2) is 75.6 Å². The number of aromatic nitrogens is 1. The number of hydrogen-bond donors (Lipinski definition) is 0. The number of carbonyl (C=O) groups is 1. The predicted molar refractivity (Wildman–Crippen MR) is 140 cm³/mol. The van der Waals surface area contributed by atoms with Crippen molar-refractivity contribution < 1.29 is 22.7 Å². The molecule has 9 nitrogen and oxygen atoms in total. The highest BCUT2D eigenvalue weighted by Gasteiger charge is 2.29. The minimum Gasteiger partial charge on any atom is -0.454 e. The van der Waals surface area contributed by atoms with E-state index < -0.39 is 10.0 Å². The monoisotopic (exact) mass is 530 g/mol. The molecule has 0 N–H and O–H groups in total. The highest BCUT2D eigenvalue weighted by molar-refractivity contribution is 7.89. The van der Waals surface area contributed by atoms with E-state index in [1.807, 2.05) is 31.1 Å². The normalized spacial score (nSPS) is 16.7. The lowest BCUT2D eigenvalue weighted by atomic mass is 10.0. The molecule has 3 heterocycles. The Kier molecular flexibility index (Phi) is 6.90. The Labute approximate surface area is 215 Å². The molecule has 0 atom stereocenters. The zero-order chi connectivity index (χ0) is 25.4. The van der Waals surface area contributed by atoms with E-state index in [0.717, 1.165) is 23.1 Å². The molecule has 0 aliphatic carbocycles. The average Bonchev–Trinajstić information content (AvgIpc) is 3.48. The van der Waals surface area contributed by atoms with Gasteiger partial charge in [0.15, 0.2) is 16.6 Å². The molecule has 2 aliphatic heterocycles. The fourth-order valence-electron chi connectivity index (χ4n) is 4.31. The maximum absolute atomic E-state index is 13.6. The number of fused-ring (bicyclic) bond motifs is 2. The van der Waals surface area contributed by atoms with E-state index in [2.05, 4.69) is 6.92 Å². The van der Waals surface area contributed by atoms with Crippen LogP contribution < -0.4 is 14.4 Å². The maximum Gasteiger partial charge on any atom is 0.260 e. The number of piperidine rings is 1. The van der Waals surface area contributed by atoms with Gasteiger partial charge in [0.2, 0.25) is 16.8 Å². The number of ether oxygens (including phenoxy) is 2. The van der Waals surface area contributed by atoms with Crippen LogP contribution in [0.4, 0.5) is 5.13 Å². The molecule has 1 amide bonds. The molecule has 0 radical (unpaired) electrons. The van der Waals surface area contributed by atoms with Crippen molar-refractivity contribution in [1.82, 2.24) is 14.2 Å². The summed E-state index contributed by atoms with van der Waals surface area (Å²) in [5.74, 6) is 1.62. The molecule has 192 valence electrons. The Hall–Kier alpha value is -2.73. The largest absolute Gasteiger partial charge is 0.454 e. The summed E-state index contributed by atoms with van der Waals surface area (Å²) in [6, 6.07) is 9.95. The van der Waals surface area contributed by atoms with Crippen molar-refractivity contribution in [3.63, 3.8) is 0 Å². The topological polar surface area (TPSA) is 92.3 Å². The van der Waals surface area contributed by atoms with E-state index in [9.17, 15) is 13.2 Å². The molecule has 0 bridgehead atoms. The van der Waals surface area contributed by atoms with Crippen molar-refractivity contribution >= 4 is 42.6 Å². The first-order valence-corrected chi connectivity index (χ1v) is 14.2. The van der Waals surface area contributed by atoms with E-state index in [1.54, 1.807) is 21.3 Å². The van der Waals surface area contributed by atoms with Crippen molar-refractivity contribution in [3.05, 3.63) is 42.0 Å². The van der Waals surface area contributed by atoms with Gasteiger partial charge in [-0.2, -0.15) is 4.31 Å². The smallest absolute Gasteiger partial charge is 0.260 e. The highest BCUT2D eigenvalue weighted by Crippen LogP contribution is 2.40. The van der Waals surface area contributed by atoms with E-state index >= 15 is 0 Å². The van der Waals surface area contributed by atoms with E-state index in [1.165, 1.54) is 23.5 Å². The second-order valence-electron chi connectivity index (χ2n) is 9.54. The molecule has 1 aromatic heterocycles. The van der Waals surface area contributed by atoms with Gasteiger partial charge in [0, 0.05) is 43.9 Å². The number of likely N-dealkylation sites (N-methyl/N-ethyl adjacent to an activating group) is 1. The summed E-state index contributed by atoms with van der Waals surface area (Å²) in [4.78, 5) is 22.2. The number of amides is 1. The molecule has 2 aliphatic rings. The average molecular weight is 531 g/mol. The van der Waals surface area contributed by atoms with Gasteiger partial charge in [-0.05, 0) is 57.1 Å². The van der Waals surface area contributed by atoms with Crippen LogP contribution in [-0.2, 0) is 10.0 Å². The fourth-order valence-corrected chi connectivity index (χ4v) is 6.77. The van der Waals surface area contributed by atoms with Crippen LogP contribution in [0.25, 0.3) is 10.2 Å². The highest BCUT2D eigenvalue weighted by atomic mass is 32.2. The van der Waals surface area contributed by atoms with Gasteiger partial charge in [-0.25, -0.2) is 13.4 Å². The number of rotatable bonds is 7. The Balaban J connectivity index is 1.41. The number of nitrogens with zero attached hydrogens (tertiary/aromatic N) is 4. The number of benzene rings is 2. The van der Waals surface area contributed by atoms with Gasteiger partial charge >= 0.3 is 0 Å². The van der Waals surface area contributed by atoms with Gasteiger partial charge in [0.25, 0.3) is 5.91 Å². The van der Waals surface area contributed by atoms with Gasteiger partial charge in [0.1, 0.15) is 0 Å². The van der Waals surface area contributed by atoms with Gasteiger partial charge in [-0.15, -0.1) is 0 Å². The standard InChI is InChI=1S/C25H30N4O5S2/c1-17-8-10-28(11-9-17)36(31,32)19-6-4-18(5-7-19)24(30)29(13-12-27(2)3)25-26-20-14-21-22(34-16-33-21)15-23(20)35-25/h4-7,14-15,17H,8-13,16H2,1-3H3. The fraction of sp³-hybridized carbons (Fsp3) is 0.440. The van der Waals surface area contributed by atoms with Crippen LogP contribution in [0, 0.1) is 5.92 Å². The van der Waals surface area contributed by atoms with Gasteiger partial charge in [-0.1, -0.05) is 18.3 Å². The summed E-state index contributed by atoms with van der Waals surface area (Å²) >= 11 is 1.41. The molecule has 11 heteroatoms. The summed E-state index contributed by atoms with van der Waals surface area (Å²) < 4.78 is 39.6. The zero-order valence-corrected chi connectivity index (χ0v) is 22.3. The van der Waals surface area contributed by atoms with Crippen molar-refractivity contribution in [2.75, 3.05) is 52.0 Å². The number of thiazole rings is 1. The van der Waals surface area contributed by atoms with Gasteiger partial charge in [-0.3, -0.25) is 9.69 Å². The van der Waals surface area contributed by atoms with Gasteiger partial charge < -0.3 is 14.4 Å². The molecular formula is C25H30N4O5S2. The second kappa shape index (κ2) is 9.97. The summed E-state index contributed by atoms with van der Waals surface area (Å²) in [5, 5.41) is 0.569. The number of hydrogen-bond acceptors (Lipinski definition) is 8. The summed E-state index contributed by atoms with van der Waals surface area (Å²) in [5.41, 5.74) is 1.15. The SMILES string of the molecule is CC1CCN(S(=O)(=O)c2ccc(C(=O)N(CCN(C)C)c3nc4cc5c(cc4s3)OCO5)cc2)CC1. The molecule has 0 unspecified atom stereocenters. The van der Waals surface area contributed by atoms with Crippen LogP contribution in [0.2, 0.25) is 0 Å². The molecule has 1 fully saturated rings. The lowest BCUT2D eigenvalue weighted by Gasteiger charge is -2.29. The summed E-state index contributed by atoms with van der Waals surface area (Å²) in [6.07, 6.45) is 1.72. The molecule has 0 saturated carbocycles. The number of carbonyl (C=O) groups excluding carboxylic acids is 1. The predicted octanol–water partition coefficient (Wildman–Crippen LogP) is 3.65. The third-order valence-electron chi connectivity index (χ3n) is 6.60. The van der Waals surface area contributed by atoms with Crippen LogP contribution >= 0.6 is 11.3 Å². The zero-order valence-electron chi connectivity index (χ0n) is 20.6. The van der Waals surface area contributed by atoms with E-state index in [4.69, 9.17) is 14.5 Å². The van der Waals surface area contributed by atoms with Crippen LogP contribution in [0.3, 0.4) is 0 Å². The van der Waals surface area contributed by atoms with E-state index in [-0.39, 0.29) is 17.6 Å². The second-order valence-corrected chi connectivity index (χ2v) is 12.5. The van der Waals surface area contributed by atoms with Crippen molar-refractivity contribution in [3.8, 4) is 11.5 Å². The van der Waals surface area contributed by atoms with Crippen molar-refractivity contribution in [1.29, 1.82) is 0 Å². The Morgan fingerprint density at radius 2 is 1.75 bits per heavy atom. The number of sulfonamides is 1. The third kappa shape index (κ3) is 4.93.